The first-order valence-electron chi connectivity index (χ1n) is 4.68. The second kappa shape index (κ2) is 2.69. The first-order valence-corrected chi connectivity index (χ1v) is 4.68. The van der Waals surface area contributed by atoms with E-state index < -0.39 is 11.9 Å². The van der Waals surface area contributed by atoms with Gasteiger partial charge in [-0.05, 0) is 26.7 Å². The molecule has 1 aliphatic heterocycles. The third kappa shape index (κ3) is 1.08. The second-order valence-electron chi connectivity index (χ2n) is 3.87. The van der Waals surface area contributed by atoms with Gasteiger partial charge in [0.1, 0.15) is 6.10 Å². The van der Waals surface area contributed by atoms with Crippen molar-refractivity contribution in [3.05, 3.63) is 0 Å². The van der Waals surface area contributed by atoms with Gasteiger partial charge in [0.25, 0.3) is 0 Å². The summed E-state index contributed by atoms with van der Waals surface area (Å²) in [5, 5.41) is 9.67. The molecule has 1 aliphatic carbocycles. The predicted octanol–water partition coefficient (Wildman–Crippen LogP) is 1.05. The first-order chi connectivity index (χ1) is 5.64. The molecule has 0 aromatic heterocycles. The van der Waals surface area contributed by atoms with Crippen molar-refractivity contribution < 1.29 is 14.6 Å². The van der Waals surface area contributed by atoms with Gasteiger partial charge in [-0.25, -0.2) is 0 Å². The van der Waals surface area contributed by atoms with Crippen LogP contribution in [0.1, 0.15) is 33.1 Å². The SMILES string of the molecule is CC1OC2(CCCC2O)OC1C. The zero-order chi connectivity index (χ0) is 8.77. The van der Waals surface area contributed by atoms with Crippen LogP contribution in [0.5, 0.6) is 0 Å². The Bertz CT molecular complexity index is 171. The van der Waals surface area contributed by atoms with E-state index in [1.54, 1.807) is 0 Å². The predicted molar refractivity (Wildman–Crippen MR) is 43.7 cm³/mol. The average Bonchev–Trinajstić information content (AvgIpc) is 2.45. The lowest BCUT2D eigenvalue weighted by atomic mass is 10.2. The van der Waals surface area contributed by atoms with Gasteiger partial charge in [0, 0.05) is 6.42 Å². The molecule has 3 nitrogen and oxygen atoms in total. The van der Waals surface area contributed by atoms with Gasteiger partial charge in [-0.2, -0.15) is 0 Å². The van der Waals surface area contributed by atoms with Crippen LogP contribution in [-0.4, -0.2) is 29.2 Å². The molecule has 0 radical (unpaired) electrons. The molecule has 0 aromatic rings. The number of hydrogen-bond acceptors (Lipinski definition) is 3. The van der Waals surface area contributed by atoms with Gasteiger partial charge in [0.2, 0.25) is 0 Å². The Hall–Kier alpha value is -0.120. The van der Waals surface area contributed by atoms with Gasteiger partial charge in [-0.3, -0.25) is 0 Å². The maximum Gasteiger partial charge on any atom is 0.195 e. The average molecular weight is 172 g/mol. The third-order valence-electron chi connectivity index (χ3n) is 2.94. The van der Waals surface area contributed by atoms with Gasteiger partial charge < -0.3 is 14.6 Å². The molecule has 2 fully saturated rings. The smallest absolute Gasteiger partial charge is 0.195 e. The van der Waals surface area contributed by atoms with Crippen LogP contribution in [0.3, 0.4) is 0 Å². The molecule has 1 N–H and O–H groups in total. The number of hydrogen-bond donors (Lipinski definition) is 1. The highest BCUT2D eigenvalue weighted by atomic mass is 16.8. The number of aliphatic hydroxyl groups excluding tert-OH is 1. The van der Waals surface area contributed by atoms with Crippen molar-refractivity contribution in [1.82, 2.24) is 0 Å². The summed E-state index contributed by atoms with van der Waals surface area (Å²) in [4.78, 5) is 0. The van der Waals surface area contributed by atoms with E-state index in [1.165, 1.54) is 0 Å². The fourth-order valence-electron chi connectivity index (χ4n) is 2.05. The molecule has 1 heterocycles. The van der Waals surface area contributed by atoms with Crippen LogP contribution >= 0.6 is 0 Å². The Morgan fingerprint density at radius 2 is 1.83 bits per heavy atom. The number of aliphatic hydroxyl groups is 1. The van der Waals surface area contributed by atoms with Crippen molar-refractivity contribution in [3.8, 4) is 0 Å². The van der Waals surface area contributed by atoms with E-state index in [1.807, 2.05) is 13.8 Å². The lowest BCUT2D eigenvalue weighted by Gasteiger charge is -2.26. The van der Waals surface area contributed by atoms with Gasteiger partial charge in [0.15, 0.2) is 5.79 Å². The summed E-state index contributed by atoms with van der Waals surface area (Å²) in [5.74, 6) is -0.654. The number of ether oxygens (including phenoxy) is 2. The van der Waals surface area contributed by atoms with Crippen LogP contribution in [0.2, 0.25) is 0 Å². The number of rotatable bonds is 0. The van der Waals surface area contributed by atoms with E-state index in [2.05, 4.69) is 0 Å². The van der Waals surface area contributed by atoms with Crippen LogP contribution in [0.15, 0.2) is 0 Å². The summed E-state index contributed by atoms with van der Waals surface area (Å²) in [6, 6.07) is 0. The van der Waals surface area contributed by atoms with Crippen LogP contribution in [0.25, 0.3) is 0 Å². The van der Waals surface area contributed by atoms with E-state index >= 15 is 0 Å². The molecule has 0 aromatic carbocycles. The maximum absolute atomic E-state index is 9.67. The molecule has 2 rings (SSSR count). The molecule has 2 aliphatic rings. The van der Waals surface area contributed by atoms with Gasteiger partial charge >= 0.3 is 0 Å². The van der Waals surface area contributed by atoms with Crippen molar-refractivity contribution in [2.75, 3.05) is 0 Å². The summed E-state index contributed by atoms with van der Waals surface area (Å²) >= 11 is 0. The van der Waals surface area contributed by atoms with E-state index in [0.29, 0.717) is 0 Å². The standard InChI is InChI=1S/C9H16O3/c1-6-7(2)12-9(11-6)5-3-4-8(9)10/h6-8,10H,3-5H2,1-2H3. The Morgan fingerprint density at radius 1 is 1.25 bits per heavy atom. The third-order valence-corrected chi connectivity index (χ3v) is 2.94. The van der Waals surface area contributed by atoms with Crippen molar-refractivity contribution >= 4 is 0 Å². The van der Waals surface area contributed by atoms with Gasteiger partial charge in [0.05, 0.1) is 12.2 Å². The van der Waals surface area contributed by atoms with Crippen molar-refractivity contribution in [1.29, 1.82) is 0 Å². The van der Waals surface area contributed by atoms with Crippen LogP contribution in [0.4, 0.5) is 0 Å². The summed E-state index contributed by atoms with van der Waals surface area (Å²) in [6.45, 7) is 3.98. The zero-order valence-corrected chi connectivity index (χ0v) is 7.62. The molecular weight excluding hydrogens is 156 g/mol. The second-order valence-corrected chi connectivity index (χ2v) is 3.87. The molecule has 0 amide bonds. The van der Waals surface area contributed by atoms with Crippen LogP contribution < -0.4 is 0 Å². The molecule has 0 bridgehead atoms. The quantitative estimate of drug-likeness (QED) is 0.593. The lowest BCUT2D eigenvalue weighted by molar-refractivity contribution is -0.217. The molecule has 3 atom stereocenters. The van der Waals surface area contributed by atoms with Gasteiger partial charge in [-0.1, -0.05) is 0 Å². The summed E-state index contributed by atoms with van der Waals surface area (Å²) < 4.78 is 11.3. The van der Waals surface area contributed by atoms with E-state index in [0.717, 1.165) is 19.3 Å². The monoisotopic (exact) mass is 172 g/mol. The normalized spacial score (nSPS) is 53.8. The fraction of sp³-hybridized carbons (Fsp3) is 1.00. The van der Waals surface area contributed by atoms with Crippen molar-refractivity contribution in [3.63, 3.8) is 0 Å². The molecule has 12 heavy (non-hydrogen) atoms. The highest BCUT2D eigenvalue weighted by molar-refractivity contribution is 4.92. The molecule has 3 unspecified atom stereocenters. The Kier molecular flexibility index (Phi) is 1.90. The first kappa shape index (κ1) is 8.48. The van der Waals surface area contributed by atoms with E-state index in [-0.39, 0.29) is 12.2 Å². The minimum Gasteiger partial charge on any atom is -0.388 e. The van der Waals surface area contributed by atoms with E-state index in [9.17, 15) is 5.11 Å². The zero-order valence-electron chi connectivity index (χ0n) is 7.62. The minimum absolute atomic E-state index is 0.109. The largest absolute Gasteiger partial charge is 0.388 e. The molecule has 1 saturated heterocycles. The molecule has 1 saturated carbocycles. The summed E-state index contributed by atoms with van der Waals surface area (Å²) in [6.07, 6.45) is 2.43. The highest BCUT2D eigenvalue weighted by Gasteiger charge is 2.51. The Labute approximate surface area is 72.7 Å². The topological polar surface area (TPSA) is 38.7 Å². The fourth-order valence-corrected chi connectivity index (χ4v) is 2.05. The lowest BCUT2D eigenvalue weighted by Crippen LogP contribution is -2.39. The Balaban J connectivity index is 2.13. The van der Waals surface area contributed by atoms with E-state index in [4.69, 9.17) is 9.47 Å². The van der Waals surface area contributed by atoms with Gasteiger partial charge in [-0.15, -0.1) is 0 Å². The summed E-state index contributed by atoms with van der Waals surface area (Å²) in [7, 11) is 0. The summed E-state index contributed by atoms with van der Waals surface area (Å²) in [5.41, 5.74) is 0. The Morgan fingerprint density at radius 3 is 2.25 bits per heavy atom. The highest BCUT2D eigenvalue weighted by Crippen LogP contribution is 2.41. The maximum atomic E-state index is 9.67. The van der Waals surface area contributed by atoms with Crippen LogP contribution in [-0.2, 0) is 9.47 Å². The van der Waals surface area contributed by atoms with Crippen molar-refractivity contribution in [2.45, 2.75) is 57.2 Å². The minimum atomic E-state index is -0.654. The molecule has 1 spiro atoms. The molecule has 3 heteroatoms. The van der Waals surface area contributed by atoms with Crippen molar-refractivity contribution in [2.24, 2.45) is 0 Å². The molecule has 70 valence electrons. The molecular formula is C9H16O3. The van der Waals surface area contributed by atoms with Crippen LogP contribution in [0, 0.1) is 0 Å².